The molecule has 0 bridgehead atoms. The highest BCUT2D eigenvalue weighted by Gasteiger charge is 2.27. The molecule has 0 saturated heterocycles. The highest BCUT2D eigenvalue weighted by atomic mass is 16.3. The van der Waals surface area contributed by atoms with Crippen molar-refractivity contribution in [2.75, 3.05) is 0 Å². The van der Waals surface area contributed by atoms with E-state index in [1.54, 1.807) is 0 Å². The number of unbranched alkanes of at least 4 members (excludes halogenated alkanes) is 2. The maximum absolute atomic E-state index is 12.1. The molecule has 3 heteroatoms. The van der Waals surface area contributed by atoms with Crippen LogP contribution in [0.4, 0.5) is 0 Å². The van der Waals surface area contributed by atoms with Gasteiger partial charge in [-0.2, -0.15) is 0 Å². The third-order valence-corrected chi connectivity index (χ3v) is 2.97. The van der Waals surface area contributed by atoms with Crippen LogP contribution < -0.4 is 0 Å². The van der Waals surface area contributed by atoms with E-state index in [0.717, 1.165) is 25.7 Å². The average molecular weight is 236 g/mol. The molecule has 0 amide bonds. The Labute approximate surface area is 102 Å². The summed E-state index contributed by atoms with van der Waals surface area (Å²) in [4.78, 5) is 23.6. The molecule has 0 heterocycles. The number of Topliss-reactive ketones (excluding diaryl/α,β-unsaturated/α-hetero) is 1. The van der Waals surface area contributed by atoms with Crippen LogP contribution >= 0.6 is 0 Å². The summed E-state index contributed by atoms with van der Waals surface area (Å²) in [5, 5.41) is 9.64. The molecule has 0 fully saturated rings. The molecule has 0 aromatic rings. The van der Waals surface area contributed by atoms with Crippen LogP contribution in [0.3, 0.4) is 0 Å². The topological polar surface area (TPSA) is 54.4 Å². The molecule has 0 aromatic carbocycles. The zero-order valence-corrected chi connectivity index (χ0v) is 10.6. The number of aliphatic hydroxyl groups is 1. The molecule has 0 aromatic heterocycles. The minimum absolute atomic E-state index is 0.135. The average Bonchev–Trinajstić information content (AvgIpc) is 2.32. The fraction of sp³-hybridized carbons (Fsp3) is 0.571. The predicted octanol–water partition coefficient (Wildman–Crippen LogP) is 3.26. The second-order valence-corrected chi connectivity index (χ2v) is 4.40. The lowest BCUT2D eigenvalue weighted by molar-refractivity contribution is -0.117. The molecule has 94 valence electrons. The summed E-state index contributed by atoms with van der Waals surface area (Å²) in [5.41, 5.74) is 0.867. The summed E-state index contributed by atoms with van der Waals surface area (Å²) in [5.74, 6) is -0.894. The molecule has 1 rings (SSSR count). The van der Waals surface area contributed by atoms with Crippen molar-refractivity contribution in [2.45, 2.75) is 52.4 Å². The van der Waals surface area contributed by atoms with Gasteiger partial charge in [-0.05, 0) is 31.8 Å². The third-order valence-electron chi connectivity index (χ3n) is 2.97. The van der Waals surface area contributed by atoms with Gasteiger partial charge in [0.15, 0.2) is 11.5 Å². The van der Waals surface area contributed by atoms with E-state index in [4.69, 9.17) is 0 Å². The first-order valence-electron chi connectivity index (χ1n) is 6.33. The lowest BCUT2D eigenvalue weighted by Gasteiger charge is -2.15. The number of hydrogen-bond acceptors (Lipinski definition) is 3. The van der Waals surface area contributed by atoms with Crippen LogP contribution in [-0.4, -0.2) is 16.7 Å². The lowest BCUT2D eigenvalue weighted by Crippen LogP contribution is -2.19. The Balaban J connectivity index is 2.85. The van der Waals surface area contributed by atoms with Crippen LogP contribution in [0.1, 0.15) is 52.4 Å². The van der Waals surface area contributed by atoms with Gasteiger partial charge in [0.2, 0.25) is 5.78 Å². The Hall–Kier alpha value is -1.38. The van der Waals surface area contributed by atoms with Gasteiger partial charge < -0.3 is 5.11 Å². The molecular formula is C14H20O3. The van der Waals surface area contributed by atoms with Crippen molar-refractivity contribution in [3.05, 3.63) is 23.0 Å². The van der Waals surface area contributed by atoms with Gasteiger partial charge in [0, 0.05) is 11.1 Å². The largest absolute Gasteiger partial charge is 0.504 e. The summed E-state index contributed by atoms with van der Waals surface area (Å²) < 4.78 is 0. The Bertz CT molecular complexity index is 375. The van der Waals surface area contributed by atoms with Gasteiger partial charge >= 0.3 is 0 Å². The Morgan fingerprint density at radius 1 is 1.06 bits per heavy atom. The first-order valence-corrected chi connectivity index (χ1v) is 6.33. The van der Waals surface area contributed by atoms with Gasteiger partial charge in [-0.1, -0.05) is 26.7 Å². The number of carbonyl (C=O) groups is 2. The van der Waals surface area contributed by atoms with Gasteiger partial charge in [-0.15, -0.1) is 0 Å². The van der Waals surface area contributed by atoms with Gasteiger partial charge in [0.05, 0.1) is 0 Å². The summed E-state index contributed by atoms with van der Waals surface area (Å²) in [6.07, 6.45) is 6.06. The third kappa shape index (κ3) is 3.29. The highest BCUT2D eigenvalue weighted by Crippen LogP contribution is 2.25. The van der Waals surface area contributed by atoms with Crippen molar-refractivity contribution in [3.63, 3.8) is 0 Å². The fourth-order valence-electron chi connectivity index (χ4n) is 1.88. The molecule has 17 heavy (non-hydrogen) atoms. The van der Waals surface area contributed by atoms with Crippen LogP contribution in [0.5, 0.6) is 0 Å². The molecule has 0 spiro atoms. The highest BCUT2D eigenvalue weighted by molar-refractivity contribution is 6.21. The molecular weight excluding hydrogens is 216 g/mol. The summed E-state index contributed by atoms with van der Waals surface area (Å²) >= 11 is 0. The Kier molecular flexibility index (Phi) is 5.13. The maximum atomic E-state index is 12.1. The molecule has 1 N–H and O–H groups in total. The molecule has 0 saturated carbocycles. The van der Waals surface area contributed by atoms with E-state index in [9.17, 15) is 14.7 Å². The molecule has 0 radical (unpaired) electrons. The fourth-order valence-corrected chi connectivity index (χ4v) is 1.88. The first kappa shape index (κ1) is 13.7. The van der Waals surface area contributed by atoms with Gasteiger partial charge in [-0.3, -0.25) is 9.59 Å². The number of aliphatic hydroxyl groups excluding tert-OH is 1. The quantitative estimate of drug-likeness (QED) is 0.720. The van der Waals surface area contributed by atoms with Crippen molar-refractivity contribution in [3.8, 4) is 0 Å². The zero-order valence-electron chi connectivity index (χ0n) is 10.6. The van der Waals surface area contributed by atoms with E-state index >= 15 is 0 Å². The summed E-state index contributed by atoms with van der Waals surface area (Å²) in [7, 11) is 0. The van der Waals surface area contributed by atoms with Gasteiger partial charge in [0.25, 0.3) is 0 Å². The minimum atomic E-state index is -0.415. The molecule has 0 atom stereocenters. The van der Waals surface area contributed by atoms with Gasteiger partial charge in [0.1, 0.15) is 0 Å². The van der Waals surface area contributed by atoms with E-state index in [-0.39, 0.29) is 11.5 Å². The van der Waals surface area contributed by atoms with E-state index < -0.39 is 5.78 Å². The smallest absolute Gasteiger partial charge is 0.220 e. The van der Waals surface area contributed by atoms with E-state index in [1.807, 2.05) is 13.8 Å². The molecule has 0 aliphatic heterocycles. The molecule has 3 nitrogen and oxygen atoms in total. The van der Waals surface area contributed by atoms with Crippen LogP contribution in [0, 0.1) is 0 Å². The Morgan fingerprint density at radius 3 is 2.24 bits per heavy atom. The van der Waals surface area contributed by atoms with Crippen LogP contribution in [0.2, 0.25) is 0 Å². The molecule has 1 aliphatic rings. The maximum Gasteiger partial charge on any atom is 0.220 e. The zero-order chi connectivity index (χ0) is 12.8. The van der Waals surface area contributed by atoms with Crippen molar-refractivity contribution < 1.29 is 14.7 Å². The van der Waals surface area contributed by atoms with Crippen LogP contribution in [-0.2, 0) is 9.59 Å². The standard InChI is InChI=1S/C14H20O3/c1-3-5-7-10-9-12(15)14(17)11(13(10)16)8-6-4-2/h9,17H,3-8H2,1-2H3. The van der Waals surface area contributed by atoms with Crippen molar-refractivity contribution in [1.82, 2.24) is 0 Å². The van der Waals surface area contributed by atoms with E-state index in [1.165, 1.54) is 6.08 Å². The lowest BCUT2D eigenvalue weighted by atomic mass is 9.88. The number of hydrogen-bond donors (Lipinski definition) is 1. The minimum Gasteiger partial charge on any atom is -0.504 e. The normalized spacial score (nSPS) is 16.5. The van der Waals surface area contributed by atoms with E-state index in [0.29, 0.717) is 24.0 Å². The predicted molar refractivity (Wildman–Crippen MR) is 66.8 cm³/mol. The molecule has 0 unspecified atom stereocenters. The Morgan fingerprint density at radius 2 is 1.65 bits per heavy atom. The first-order chi connectivity index (χ1) is 8.11. The van der Waals surface area contributed by atoms with Crippen molar-refractivity contribution in [2.24, 2.45) is 0 Å². The van der Waals surface area contributed by atoms with Crippen molar-refractivity contribution in [1.29, 1.82) is 0 Å². The van der Waals surface area contributed by atoms with Crippen LogP contribution in [0.25, 0.3) is 0 Å². The second-order valence-electron chi connectivity index (χ2n) is 4.40. The number of ketones is 2. The monoisotopic (exact) mass is 236 g/mol. The van der Waals surface area contributed by atoms with Crippen molar-refractivity contribution >= 4 is 11.6 Å². The number of allylic oxidation sites excluding steroid dienone is 3. The summed E-state index contributed by atoms with van der Waals surface area (Å²) in [6.45, 7) is 4.06. The SMILES string of the molecule is CCCCC1=CC(=O)C(O)=C(CCCC)C1=O. The number of rotatable bonds is 6. The van der Waals surface area contributed by atoms with E-state index in [2.05, 4.69) is 0 Å². The summed E-state index contributed by atoms with van der Waals surface area (Å²) in [6, 6.07) is 0. The van der Waals surface area contributed by atoms with Crippen LogP contribution in [0.15, 0.2) is 23.0 Å². The molecule has 1 aliphatic carbocycles. The number of carbonyl (C=O) groups excluding carboxylic acids is 2. The second kappa shape index (κ2) is 6.38. The van der Waals surface area contributed by atoms with Gasteiger partial charge in [-0.25, -0.2) is 0 Å².